The molecule has 0 aromatic carbocycles. The van der Waals surface area contributed by atoms with Crippen LogP contribution in [0.25, 0.3) is 10.4 Å². The van der Waals surface area contributed by atoms with E-state index < -0.39 is 50.2 Å². The van der Waals surface area contributed by atoms with Crippen LogP contribution in [0.15, 0.2) is 5.11 Å². The second kappa shape index (κ2) is 9.50. The summed E-state index contributed by atoms with van der Waals surface area (Å²) < 4.78 is 4.90. The summed E-state index contributed by atoms with van der Waals surface area (Å²) >= 11 is 0. The van der Waals surface area contributed by atoms with Gasteiger partial charge in [-0.15, -0.1) is 0 Å². The summed E-state index contributed by atoms with van der Waals surface area (Å²) in [5.74, 6) is -0.711. The van der Waals surface area contributed by atoms with Gasteiger partial charge in [0.2, 0.25) is 5.91 Å². The van der Waals surface area contributed by atoms with Gasteiger partial charge < -0.3 is 30.5 Å². The highest BCUT2D eigenvalue weighted by molar-refractivity contribution is 5.78. The predicted molar refractivity (Wildman–Crippen MR) is 62.7 cm³/mol. The summed E-state index contributed by atoms with van der Waals surface area (Å²) in [5, 5.41) is 41.9. The Kier molecular flexibility index (Phi) is 8.79. The number of nitrogens with one attached hydrogen (secondary N) is 1. The molecule has 0 heterocycles. The highest BCUT2D eigenvalue weighted by atomic mass is 16.6. The topological polar surface area (TPSA) is 168 Å². The number of amides is 1. The normalized spacial score (nSPS) is 16.9. The van der Waals surface area contributed by atoms with Crippen molar-refractivity contribution in [2.24, 2.45) is 5.11 Å². The van der Waals surface area contributed by atoms with Crippen molar-refractivity contribution in [2.45, 2.75) is 31.5 Å². The van der Waals surface area contributed by atoms with Crippen molar-refractivity contribution < 1.29 is 30.0 Å². The van der Waals surface area contributed by atoms with Gasteiger partial charge in [0.1, 0.15) is 18.7 Å². The van der Waals surface area contributed by atoms with Crippen LogP contribution in [0.1, 0.15) is 6.92 Å². The number of hydrogen-bond donors (Lipinski definition) is 5. The van der Waals surface area contributed by atoms with Crippen molar-refractivity contribution in [1.82, 2.24) is 5.32 Å². The van der Waals surface area contributed by atoms with Gasteiger partial charge >= 0.3 is 0 Å². The minimum atomic E-state index is -1.63. The second-order valence-corrected chi connectivity index (χ2v) is 3.73. The summed E-state index contributed by atoms with van der Waals surface area (Å²) in [6.07, 6.45) is -3.73. The molecule has 0 aromatic rings. The van der Waals surface area contributed by atoms with E-state index in [0.717, 1.165) is 0 Å². The number of azide groups is 1. The largest absolute Gasteiger partial charge is 0.394 e. The van der Waals surface area contributed by atoms with E-state index in [9.17, 15) is 15.0 Å². The summed E-state index contributed by atoms with van der Waals surface area (Å²) in [5.41, 5.74) is 8.03. The van der Waals surface area contributed by atoms with Crippen LogP contribution >= 0.6 is 0 Å². The van der Waals surface area contributed by atoms with Crippen LogP contribution in [0.4, 0.5) is 0 Å². The minimum Gasteiger partial charge on any atom is -0.394 e. The quantitative estimate of drug-likeness (QED) is 0.139. The molecule has 2 unspecified atom stereocenters. The summed E-state index contributed by atoms with van der Waals surface area (Å²) in [7, 11) is 0. The first-order valence-electron chi connectivity index (χ1n) is 5.49. The molecule has 10 nitrogen and oxygen atoms in total. The molecule has 0 bridgehead atoms. The van der Waals surface area contributed by atoms with E-state index in [1.807, 2.05) is 0 Å². The van der Waals surface area contributed by atoms with Crippen LogP contribution in [0.2, 0.25) is 0 Å². The van der Waals surface area contributed by atoms with E-state index in [2.05, 4.69) is 15.3 Å². The molecule has 0 aliphatic heterocycles. The predicted octanol–water partition coefficient (Wildman–Crippen LogP) is -2.15. The van der Waals surface area contributed by atoms with Gasteiger partial charge in [-0.25, -0.2) is 0 Å². The number of rotatable bonds is 9. The van der Waals surface area contributed by atoms with E-state index >= 15 is 0 Å². The van der Waals surface area contributed by atoms with Crippen LogP contribution in [0.3, 0.4) is 0 Å². The van der Waals surface area contributed by atoms with Crippen molar-refractivity contribution in [3.05, 3.63) is 10.4 Å². The molecule has 0 fully saturated rings. The summed E-state index contributed by atoms with van der Waals surface area (Å²) in [4.78, 5) is 13.6. The Morgan fingerprint density at radius 1 is 1.42 bits per heavy atom. The Labute approximate surface area is 109 Å². The number of nitrogens with zero attached hydrogens (tertiary/aromatic N) is 3. The minimum absolute atomic E-state index is 0.487. The van der Waals surface area contributed by atoms with Crippen molar-refractivity contribution in [2.75, 3.05) is 19.8 Å². The molecule has 0 aliphatic carbocycles. The third-order valence-electron chi connectivity index (χ3n) is 2.20. The highest BCUT2D eigenvalue weighted by Gasteiger charge is 2.26. The molecule has 10 heteroatoms. The first-order chi connectivity index (χ1) is 8.96. The molecular weight excluding hydrogens is 260 g/mol. The SMILES string of the molecule is C[C@H](O)C(CO)OC(O)[C@H](CO)NC(=O)CN=[N+]=[N-]. The van der Waals surface area contributed by atoms with Crippen LogP contribution in [-0.2, 0) is 9.53 Å². The van der Waals surface area contributed by atoms with Crippen LogP contribution in [-0.4, -0.2) is 70.6 Å². The number of carbonyl (C=O) groups excluding carboxylic acids is 1. The molecule has 0 spiro atoms. The second-order valence-electron chi connectivity index (χ2n) is 3.73. The molecular formula is C9H18N4O6. The number of aliphatic hydroxyl groups is 4. The van der Waals surface area contributed by atoms with Gasteiger partial charge in [-0.1, -0.05) is 5.11 Å². The van der Waals surface area contributed by atoms with Crippen LogP contribution in [0.5, 0.6) is 0 Å². The van der Waals surface area contributed by atoms with Crippen LogP contribution in [0, 0.1) is 0 Å². The molecule has 5 N–H and O–H groups in total. The maximum atomic E-state index is 11.2. The molecule has 1 amide bonds. The van der Waals surface area contributed by atoms with Gasteiger partial charge in [0.05, 0.1) is 19.3 Å². The summed E-state index contributed by atoms with van der Waals surface area (Å²) in [6.45, 7) is -0.317. The molecule has 0 aromatic heterocycles. The molecule has 0 radical (unpaired) electrons. The summed E-state index contributed by atoms with van der Waals surface area (Å²) in [6, 6.07) is -1.17. The van der Waals surface area contributed by atoms with E-state index in [0.29, 0.717) is 0 Å². The fourth-order valence-electron chi connectivity index (χ4n) is 1.14. The van der Waals surface area contributed by atoms with E-state index in [1.54, 1.807) is 0 Å². The fraction of sp³-hybridized carbons (Fsp3) is 0.889. The van der Waals surface area contributed by atoms with Gasteiger partial charge in [-0.2, -0.15) is 0 Å². The van der Waals surface area contributed by atoms with Gasteiger partial charge in [0.25, 0.3) is 0 Å². The van der Waals surface area contributed by atoms with Gasteiger partial charge in [0, 0.05) is 4.91 Å². The molecule has 4 atom stereocenters. The smallest absolute Gasteiger partial charge is 0.226 e. The molecule has 110 valence electrons. The highest BCUT2D eigenvalue weighted by Crippen LogP contribution is 2.05. The maximum Gasteiger partial charge on any atom is 0.226 e. The number of hydrogen-bond acceptors (Lipinski definition) is 7. The van der Waals surface area contributed by atoms with Gasteiger partial charge in [0.15, 0.2) is 6.29 Å². The average Bonchev–Trinajstić information content (AvgIpc) is 2.38. The third-order valence-corrected chi connectivity index (χ3v) is 2.20. The van der Waals surface area contributed by atoms with Gasteiger partial charge in [-0.3, -0.25) is 4.79 Å². The van der Waals surface area contributed by atoms with Crippen molar-refractivity contribution in [1.29, 1.82) is 0 Å². The lowest BCUT2D eigenvalue weighted by Crippen LogP contribution is -2.50. The van der Waals surface area contributed by atoms with Crippen molar-refractivity contribution in [3.63, 3.8) is 0 Å². The van der Waals surface area contributed by atoms with E-state index in [1.165, 1.54) is 6.92 Å². The third kappa shape index (κ3) is 6.91. The lowest BCUT2D eigenvalue weighted by molar-refractivity contribution is -0.190. The van der Waals surface area contributed by atoms with Gasteiger partial charge in [-0.05, 0) is 12.5 Å². The zero-order chi connectivity index (χ0) is 14.8. The Morgan fingerprint density at radius 2 is 2.05 bits per heavy atom. The van der Waals surface area contributed by atoms with Crippen molar-refractivity contribution >= 4 is 5.91 Å². The lowest BCUT2D eigenvalue weighted by Gasteiger charge is -2.27. The zero-order valence-corrected chi connectivity index (χ0v) is 10.4. The standard InChI is InChI=1S/C9H18N4O6/c1-5(16)7(4-15)19-9(18)6(3-14)12-8(17)2-11-13-10/h5-7,9,14-16,18H,2-4H2,1H3,(H,12,17)/t5-,6-,7?,9?/m0/s1. The Morgan fingerprint density at radius 3 is 2.47 bits per heavy atom. The average molecular weight is 278 g/mol. The van der Waals surface area contributed by atoms with Crippen molar-refractivity contribution in [3.8, 4) is 0 Å². The Balaban J connectivity index is 4.41. The van der Waals surface area contributed by atoms with E-state index in [-0.39, 0.29) is 0 Å². The van der Waals surface area contributed by atoms with Crippen LogP contribution < -0.4 is 5.32 Å². The zero-order valence-electron chi connectivity index (χ0n) is 10.4. The molecule has 0 rings (SSSR count). The Hall–Kier alpha value is -1.42. The molecule has 0 aliphatic rings. The number of carbonyl (C=O) groups is 1. The van der Waals surface area contributed by atoms with E-state index in [4.69, 9.17) is 20.5 Å². The first-order valence-corrected chi connectivity index (χ1v) is 5.49. The maximum absolute atomic E-state index is 11.2. The molecule has 19 heavy (non-hydrogen) atoms. The molecule has 0 saturated heterocycles. The monoisotopic (exact) mass is 278 g/mol. The lowest BCUT2D eigenvalue weighted by atomic mass is 10.2. The Bertz CT molecular complexity index is 320. The number of aliphatic hydroxyl groups excluding tert-OH is 4. The molecule has 0 saturated carbocycles. The first kappa shape index (κ1) is 17.6. The number of ether oxygens (including phenoxy) is 1. The fourth-order valence-corrected chi connectivity index (χ4v) is 1.14.